The average molecular weight is 775 g/mol. The van der Waals surface area contributed by atoms with Gasteiger partial charge in [0, 0.05) is 37.9 Å². The van der Waals surface area contributed by atoms with Crippen LogP contribution in [-0.2, 0) is 9.59 Å². The summed E-state index contributed by atoms with van der Waals surface area (Å²) in [7, 11) is 0. The summed E-state index contributed by atoms with van der Waals surface area (Å²) in [5, 5.41) is 13.6. The lowest BCUT2D eigenvalue weighted by Crippen LogP contribution is -2.48. The highest BCUT2D eigenvalue weighted by atomic mass is 19.3. The van der Waals surface area contributed by atoms with Crippen molar-refractivity contribution in [1.82, 2.24) is 34.6 Å². The number of alkyl halides is 3. The number of nitrogens with zero attached hydrogens (tertiary/aromatic N) is 7. The Kier molecular flexibility index (Phi) is 11.1. The molecular formula is C40H49F3N10O3. The lowest BCUT2D eigenvalue weighted by molar-refractivity contribution is -0.134. The first-order valence-corrected chi connectivity index (χ1v) is 19.9. The standard InChI is InChI=1S/C40H49F3N10O3/c41-28-18-29(44)22-51(21-28)34-14-17-52-38(47-34)32(19-45-52)40(56)46-33-23-53(49-36(33)37(42)43)30-9-3-24(4-10-30)13-16-50-15-1-2-27(20-50)25-5-7-26(8-6-25)31-11-12-35(54)48-39(31)55/h5-8,14,17,19,23-24,27-31,37H,1-4,9-13,15-16,18,20-22,44H2,(H,46,56)(H,48,54,55)/t24?,27-,28-,29-,30?,31?/m1/s1. The van der Waals surface area contributed by atoms with Crippen LogP contribution in [0.4, 0.5) is 24.7 Å². The van der Waals surface area contributed by atoms with Crippen molar-refractivity contribution in [1.29, 1.82) is 0 Å². The van der Waals surface area contributed by atoms with Crippen LogP contribution in [0, 0.1) is 5.92 Å². The van der Waals surface area contributed by atoms with Crippen LogP contribution in [0.3, 0.4) is 0 Å². The molecular weight excluding hydrogens is 726 g/mol. The predicted octanol–water partition coefficient (Wildman–Crippen LogP) is 5.51. The molecule has 1 unspecified atom stereocenters. The Labute approximate surface area is 323 Å². The summed E-state index contributed by atoms with van der Waals surface area (Å²) >= 11 is 0. The summed E-state index contributed by atoms with van der Waals surface area (Å²) in [6, 6.07) is 9.66. The van der Waals surface area contributed by atoms with Crippen molar-refractivity contribution >= 4 is 34.9 Å². The first-order chi connectivity index (χ1) is 27.1. The Morgan fingerprint density at radius 3 is 2.54 bits per heavy atom. The molecule has 0 spiro atoms. The van der Waals surface area contributed by atoms with Crippen LogP contribution in [0.5, 0.6) is 0 Å². The molecule has 3 saturated heterocycles. The molecule has 4 atom stereocenters. The van der Waals surface area contributed by atoms with Gasteiger partial charge >= 0.3 is 0 Å². The lowest BCUT2D eigenvalue weighted by Gasteiger charge is -2.35. The molecule has 3 aromatic heterocycles. The molecule has 16 heteroatoms. The normalized spacial score (nSPS) is 26.5. The van der Waals surface area contributed by atoms with Gasteiger partial charge in [-0.15, -0.1) is 0 Å². The number of anilines is 2. The minimum atomic E-state index is -2.88. The number of halogens is 3. The van der Waals surface area contributed by atoms with Gasteiger partial charge in [0.25, 0.3) is 12.3 Å². The molecule has 3 amide bonds. The highest BCUT2D eigenvalue weighted by Crippen LogP contribution is 2.37. The van der Waals surface area contributed by atoms with E-state index in [2.05, 4.69) is 42.8 Å². The van der Waals surface area contributed by atoms with Gasteiger partial charge in [0.1, 0.15) is 17.6 Å². The van der Waals surface area contributed by atoms with E-state index in [1.54, 1.807) is 21.8 Å². The molecule has 298 valence electrons. The summed E-state index contributed by atoms with van der Waals surface area (Å²) in [5.41, 5.74) is 8.06. The third kappa shape index (κ3) is 8.31. The van der Waals surface area contributed by atoms with E-state index in [1.807, 2.05) is 12.1 Å². The second-order valence-corrected chi connectivity index (χ2v) is 16.0. The summed E-state index contributed by atoms with van der Waals surface area (Å²) in [5.74, 6) is 0.0922. The van der Waals surface area contributed by atoms with E-state index in [0.717, 1.165) is 70.1 Å². The number of benzene rings is 1. The number of carbonyl (C=O) groups is 3. The largest absolute Gasteiger partial charge is 0.352 e. The number of hydrogen-bond acceptors (Lipinski definition) is 9. The van der Waals surface area contributed by atoms with Crippen LogP contribution in [0.1, 0.15) is 116 Å². The highest BCUT2D eigenvalue weighted by Gasteiger charge is 2.31. The third-order valence-corrected chi connectivity index (χ3v) is 12.2. The third-order valence-electron chi connectivity index (χ3n) is 12.2. The van der Waals surface area contributed by atoms with E-state index in [0.29, 0.717) is 37.0 Å². The van der Waals surface area contributed by atoms with Crippen LogP contribution >= 0.6 is 0 Å². The molecule has 8 rings (SSSR count). The van der Waals surface area contributed by atoms with Crippen molar-refractivity contribution in [3.05, 3.63) is 71.3 Å². The summed E-state index contributed by atoms with van der Waals surface area (Å²) < 4.78 is 45.7. The number of aromatic nitrogens is 5. The predicted molar refractivity (Wildman–Crippen MR) is 203 cm³/mol. The quantitative estimate of drug-likeness (QED) is 0.177. The summed E-state index contributed by atoms with van der Waals surface area (Å²) in [4.78, 5) is 46.2. The molecule has 3 aliphatic heterocycles. The van der Waals surface area contributed by atoms with Crippen molar-refractivity contribution in [2.24, 2.45) is 11.7 Å². The van der Waals surface area contributed by atoms with Crippen molar-refractivity contribution in [3.63, 3.8) is 0 Å². The van der Waals surface area contributed by atoms with Gasteiger partial charge in [0.2, 0.25) is 11.8 Å². The van der Waals surface area contributed by atoms with E-state index in [9.17, 15) is 27.6 Å². The van der Waals surface area contributed by atoms with Crippen molar-refractivity contribution < 1.29 is 27.6 Å². The van der Waals surface area contributed by atoms with Crippen LogP contribution in [0.2, 0.25) is 0 Å². The fourth-order valence-electron chi connectivity index (χ4n) is 9.10. The summed E-state index contributed by atoms with van der Waals surface area (Å²) in [6.07, 6.45) is 8.57. The van der Waals surface area contributed by atoms with E-state index in [4.69, 9.17) is 5.73 Å². The number of nitrogens with one attached hydrogen (secondary N) is 2. The molecule has 1 aliphatic carbocycles. The smallest absolute Gasteiger partial charge is 0.284 e. The first kappa shape index (κ1) is 38.1. The highest BCUT2D eigenvalue weighted by molar-refractivity contribution is 6.08. The van der Waals surface area contributed by atoms with Gasteiger partial charge < -0.3 is 20.9 Å². The Hall–Kier alpha value is -4.83. The van der Waals surface area contributed by atoms with Crippen LogP contribution in [-0.4, -0.2) is 91.9 Å². The Morgan fingerprint density at radius 2 is 1.79 bits per heavy atom. The zero-order valence-corrected chi connectivity index (χ0v) is 31.3. The number of hydrogen-bond donors (Lipinski definition) is 3. The fraction of sp³-hybridized carbons (Fsp3) is 0.550. The fourth-order valence-corrected chi connectivity index (χ4v) is 9.10. The summed E-state index contributed by atoms with van der Waals surface area (Å²) in [6.45, 7) is 3.62. The molecule has 0 bridgehead atoms. The maximum absolute atomic E-state index is 14.2. The van der Waals surface area contributed by atoms with Crippen LogP contribution in [0.25, 0.3) is 5.65 Å². The Balaban J connectivity index is 0.844. The van der Waals surface area contributed by atoms with E-state index >= 15 is 0 Å². The maximum Gasteiger partial charge on any atom is 0.284 e. The number of nitrogens with two attached hydrogens (primary N) is 1. The second-order valence-electron chi connectivity index (χ2n) is 16.0. The van der Waals surface area contributed by atoms with Crippen molar-refractivity contribution in [3.8, 4) is 0 Å². The van der Waals surface area contributed by atoms with Gasteiger partial charge in [-0.3, -0.25) is 24.4 Å². The van der Waals surface area contributed by atoms with Crippen molar-refractivity contribution in [2.45, 2.75) is 101 Å². The average Bonchev–Trinajstić information content (AvgIpc) is 3.82. The topological polar surface area (TPSA) is 156 Å². The SMILES string of the molecule is N[C@@H]1C[C@@H](F)CN(c2ccn3ncc(C(=O)Nc4cn(C5CCC(CCN6CCC[C@@H](c7ccc(C8CCC(=O)NC8=O)cc7)C6)CC5)nc4C(F)F)c3n2)C1. The Bertz CT molecular complexity index is 2040. The molecule has 4 N–H and O–H groups in total. The number of amides is 3. The molecule has 56 heavy (non-hydrogen) atoms. The number of imide groups is 1. The number of fused-ring (bicyclic) bond motifs is 1. The number of carbonyl (C=O) groups excluding carboxylic acids is 3. The zero-order valence-electron chi connectivity index (χ0n) is 31.3. The van der Waals surface area contributed by atoms with Gasteiger partial charge in [-0.2, -0.15) is 10.2 Å². The van der Waals surface area contributed by atoms with E-state index in [-0.39, 0.29) is 59.7 Å². The van der Waals surface area contributed by atoms with Gasteiger partial charge in [-0.1, -0.05) is 24.3 Å². The Morgan fingerprint density at radius 1 is 1.00 bits per heavy atom. The molecule has 1 aromatic carbocycles. The van der Waals surface area contributed by atoms with Crippen molar-refractivity contribution in [2.75, 3.05) is 42.9 Å². The van der Waals surface area contributed by atoms with Gasteiger partial charge in [0.05, 0.1) is 30.4 Å². The van der Waals surface area contributed by atoms with Crippen LogP contribution in [0.15, 0.2) is 48.9 Å². The van der Waals surface area contributed by atoms with Gasteiger partial charge in [-0.05, 0) is 99.9 Å². The van der Waals surface area contributed by atoms with Gasteiger partial charge in [-0.25, -0.2) is 22.7 Å². The zero-order chi connectivity index (χ0) is 38.9. The molecule has 1 saturated carbocycles. The maximum atomic E-state index is 14.2. The minimum absolute atomic E-state index is 0.0461. The molecule has 13 nitrogen and oxygen atoms in total. The number of piperidine rings is 3. The number of rotatable bonds is 10. The molecule has 4 aromatic rings. The molecule has 4 aliphatic rings. The van der Waals surface area contributed by atoms with Crippen LogP contribution < -0.4 is 21.3 Å². The minimum Gasteiger partial charge on any atom is -0.352 e. The lowest BCUT2D eigenvalue weighted by atomic mass is 9.83. The second kappa shape index (κ2) is 16.3. The number of likely N-dealkylation sites (tertiary alicyclic amines) is 1. The first-order valence-electron chi connectivity index (χ1n) is 19.9. The molecule has 4 fully saturated rings. The van der Waals surface area contributed by atoms with E-state index in [1.165, 1.54) is 22.5 Å². The van der Waals surface area contributed by atoms with E-state index < -0.39 is 24.2 Å². The molecule has 0 radical (unpaired) electrons. The monoisotopic (exact) mass is 774 g/mol. The van der Waals surface area contributed by atoms with Gasteiger partial charge in [0.15, 0.2) is 11.3 Å². The molecule has 6 heterocycles.